The number of rotatable bonds is 4. The molecule has 2 aromatic heterocycles. The third-order valence-corrected chi connectivity index (χ3v) is 6.35. The summed E-state index contributed by atoms with van der Waals surface area (Å²) >= 11 is 6.06. The molecular weight excluding hydrogens is 462 g/mol. The molecule has 0 amide bonds. The number of aryl methyl sites for hydroxylation is 1. The van der Waals surface area contributed by atoms with Crippen LogP contribution in [0.5, 0.6) is 0 Å². The Labute approximate surface area is 207 Å². The van der Waals surface area contributed by atoms with Gasteiger partial charge in [0.05, 0.1) is 16.5 Å². The fraction of sp³-hybridized carbons (Fsp3) is 0.172. The van der Waals surface area contributed by atoms with Gasteiger partial charge in [-0.2, -0.15) is 0 Å². The fourth-order valence-electron chi connectivity index (χ4n) is 4.41. The number of carbonyl (C=O) groups is 1. The lowest BCUT2D eigenvalue weighted by atomic mass is 9.96. The van der Waals surface area contributed by atoms with Gasteiger partial charge in [-0.1, -0.05) is 67.9 Å². The van der Waals surface area contributed by atoms with Crippen LogP contribution >= 0.6 is 11.6 Å². The zero-order valence-corrected chi connectivity index (χ0v) is 20.4. The SMILES string of the molecule is Cc1cn(C(=O)OCc2ccccc2)c2ccc3c(=O)c(-c4ccc(Cl)cc4)c(C(C)C)oc3c12. The number of hydrogen-bond acceptors (Lipinski definition) is 4. The zero-order chi connectivity index (χ0) is 24.7. The van der Waals surface area contributed by atoms with Crippen molar-refractivity contribution in [3.05, 3.63) is 105 Å². The molecule has 176 valence electrons. The Kier molecular flexibility index (Phi) is 5.95. The van der Waals surface area contributed by atoms with Crippen LogP contribution in [0.1, 0.15) is 36.7 Å². The Morgan fingerprint density at radius 1 is 1.03 bits per heavy atom. The second-order valence-corrected chi connectivity index (χ2v) is 9.33. The van der Waals surface area contributed by atoms with Crippen molar-refractivity contribution in [1.82, 2.24) is 4.57 Å². The van der Waals surface area contributed by atoms with E-state index in [2.05, 4.69) is 0 Å². The van der Waals surface area contributed by atoms with Gasteiger partial charge >= 0.3 is 6.09 Å². The van der Waals surface area contributed by atoms with Gasteiger partial charge in [-0.15, -0.1) is 0 Å². The molecule has 0 aliphatic rings. The lowest BCUT2D eigenvalue weighted by molar-refractivity contribution is 0.142. The summed E-state index contributed by atoms with van der Waals surface area (Å²) < 4.78 is 13.4. The van der Waals surface area contributed by atoms with E-state index in [9.17, 15) is 9.59 Å². The van der Waals surface area contributed by atoms with Gasteiger partial charge in [0.25, 0.3) is 0 Å². The molecule has 6 heteroatoms. The minimum atomic E-state index is -0.490. The summed E-state index contributed by atoms with van der Waals surface area (Å²) in [6.45, 7) is 6.04. The first-order chi connectivity index (χ1) is 16.8. The molecule has 0 bridgehead atoms. The molecule has 0 N–H and O–H groups in total. The second-order valence-electron chi connectivity index (χ2n) is 8.89. The number of ether oxygens (including phenoxy) is 1. The van der Waals surface area contributed by atoms with Crippen molar-refractivity contribution >= 4 is 39.6 Å². The number of benzene rings is 3. The second kappa shape index (κ2) is 9.08. The number of hydrogen-bond donors (Lipinski definition) is 0. The molecule has 5 aromatic rings. The summed E-state index contributed by atoms with van der Waals surface area (Å²) in [5, 5.41) is 1.79. The van der Waals surface area contributed by atoms with Crippen molar-refractivity contribution in [2.75, 3.05) is 0 Å². The van der Waals surface area contributed by atoms with Gasteiger partial charge in [0.2, 0.25) is 5.43 Å². The monoisotopic (exact) mass is 485 g/mol. The van der Waals surface area contributed by atoms with E-state index < -0.39 is 6.09 Å². The van der Waals surface area contributed by atoms with Crippen molar-refractivity contribution in [1.29, 1.82) is 0 Å². The third kappa shape index (κ3) is 4.13. The predicted octanol–water partition coefficient (Wildman–Crippen LogP) is 7.68. The Hall–Kier alpha value is -3.83. The summed E-state index contributed by atoms with van der Waals surface area (Å²) in [6.07, 6.45) is 1.23. The first kappa shape index (κ1) is 22.9. The number of halogens is 1. The first-order valence-corrected chi connectivity index (χ1v) is 11.8. The normalized spacial score (nSPS) is 11.5. The molecular formula is C29H24ClNO4. The van der Waals surface area contributed by atoms with E-state index in [1.807, 2.05) is 63.2 Å². The van der Waals surface area contributed by atoms with Crippen LogP contribution in [-0.2, 0) is 11.3 Å². The van der Waals surface area contributed by atoms with Crippen molar-refractivity contribution in [3.63, 3.8) is 0 Å². The molecule has 35 heavy (non-hydrogen) atoms. The van der Waals surface area contributed by atoms with Crippen LogP contribution in [0.15, 0.2) is 82.1 Å². The number of fused-ring (bicyclic) bond motifs is 3. The Bertz CT molecular complexity index is 1610. The Morgan fingerprint density at radius 3 is 2.43 bits per heavy atom. The summed E-state index contributed by atoms with van der Waals surface area (Å²) in [5.41, 5.74) is 4.00. The Morgan fingerprint density at radius 2 is 1.74 bits per heavy atom. The van der Waals surface area contributed by atoms with Gasteiger partial charge in [0, 0.05) is 22.5 Å². The smallest absolute Gasteiger partial charge is 0.418 e. The topological polar surface area (TPSA) is 61.4 Å². The molecule has 0 atom stereocenters. The van der Waals surface area contributed by atoms with Crippen LogP contribution < -0.4 is 5.43 Å². The molecule has 0 fully saturated rings. The highest BCUT2D eigenvalue weighted by Crippen LogP contribution is 2.35. The van der Waals surface area contributed by atoms with Crippen LogP contribution in [0.4, 0.5) is 4.79 Å². The number of aromatic nitrogens is 1. The average molecular weight is 486 g/mol. The van der Waals surface area contributed by atoms with E-state index in [-0.39, 0.29) is 18.0 Å². The van der Waals surface area contributed by atoms with Crippen LogP contribution in [0.2, 0.25) is 5.02 Å². The van der Waals surface area contributed by atoms with E-state index in [4.69, 9.17) is 20.8 Å². The summed E-state index contributed by atoms with van der Waals surface area (Å²) in [4.78, 5) is 26.6. The quantitative estimate of drug-likeness (QED) is 0.262. The van der Waals surface area contributed by atoms with E-state index in [0.29, 0.717) is 32.8 Å². The lowest BCUT2D eigenvalue weighted by Crippen LogP contribution is -2.13. The lowest BCUT2D eigenvalue weighted by Gasteiger charge is -2.14. The van der Waals surface area contributed by atoms with Gasteiger partial charge < -0.3 is 9.15 Å². The Balaban J connectivity index is 1.65. The maximum Gasteiger partial charge on any atom is 0.418 e. The molecule has 0 aliphatic heterocycles. The number of carbonyl (C=O) groups excluding carboxylic acids is 1. The highest BCUT2D eigenvalue weighted by Gasteiger charge is 2.23. The minimum Gasteiger partial charge on any atom is -0.459 e. The van der Waals surface area contributed by atoms with Gasteiger partial charge in [-0.05, 0) is 47.9 Å². The van der Waals surface area contributed by atoms with E-state index in [0.717, 1.165) is 22.1 Å². The van der Waals surface area contributed by atoms with Crippen molar-refractivity contribution in [3.8, 4) is 11.1 Å². The van der Waals surface area contributed by atoms with E-state index >= 15 is 0 Å². The number of nitrogens with zero attached hydrogens (tertiary/aromatic N) is 1. The van der Waals surface area contributed by atoms with E-state index in [1.54, 1.807) is 30.5 Å². The summed E-state index contributed by atoms with van der Waals surface area (Å²) in [7, 11) is 0. The molecule has 5 nitrogen and oxygen atoms in total. The van der Waals surface area contributed by atoms with Crippen LogP contribution in [0.3, 0.4) is 0 Å². The molecule has 2 heterocycles. The van der Waals surface area contributed by atoms with Gasteiger partial charge in [-0.25, -0.2) is 4.79 Å². The van der Waals surface area contributed by atoms with Gasteiger partial charge in [-0.3, -0.25) is 9.36 Å². The molecule has 3 aromatic carbocycles. The van der Waals surface area contributed by atoms with Crippen molar-refractivity contribution in [2.24, 2.45) is 0 Å². The van der Waals surface area contributed by atoms with Crippen LogP contribution in [0.25, 0.3) is 33.0 Å². The average Bonchev–Trinajstić information content (AvgIpc) is 3.20. The zero-order valence-electron chi connectivity index (χ0n) is 19.7. The highest BCUT2D eigenvalue weighted by molar-refractivity contribution is 6.30. The molecule has 0 unspecified atom stereocenters. The molecule has 0 saturated heterocycles. The van der Waals surface area contributed by atoms with Crippen LogP contribution in [-0.4, -0.2) is 10.7 Å². The summed E-state index contributed by atoms with van der Waals surface area (Å²) in [6, 6.07) is 20.2. The fourth-order valence-corrected chi connectivity index (χ4v) is 4.54. The van der Waals surface area contributed by atoms with Gasteiger partial charge in [0.15, 0.2) is 0 Å². The van der Waals surface area contributed by atoms with Crippen molar-refractivity contribution < 1.29 is 13.9 Å². The molecule has 5 rings (SSSR count). The maximum atomic E-state index is 13.7. The maximum absolute atomic E-state index is 13.7. The molecule has 0 spiro atoms. The minimum absolute atomic E-state index is 0.0359. The first-order valence-electron chi connectivity index (χ1n) is 11.4. The molecule has 0 saturated carbocycles. The summed E-state index contributed by atoms with van der Waals surface area (Å²) in [5.74, 6) is 0.558. The predicted molar refractivity (Wildman–Crippen MR) is 139 cm³/mol. The molecule has 0 aliphatic carbocycles. The highest BCUT2D eigenvalue weighted by atomic mass is 35.5. The van der Waals surface area contributed by atoms with Crippen LogP contribution in [0, 0.1) is 6.92 Å². The largest absolute Gasteiger partial charge is 0.459 e. The standard InChI is InChI=1S/C29H24ClNO4/c1-17(2)27-25(20-9-11-21(30)12-10-20)26(32)22-13-14-23-24(28(22)35-27)18(3)15-31(23)29(33)34-16-19-7-5-4-6-8-19/h4-15,17H,16H2,1-3H3. The third-order valence-electron chi connectivity index (χ3n) is 6.10. The van der Waals surface area contributed by atoms with Gasteiger partial charge in [0.1, 0.15) is 18.0 Å². The van der Waals surface area contributed by atoms with Crippen molar-refractivity contribution in [2.45, 2.75) is 33.3 Å². The molecule has 0 radical (unpaired) electrons. The van der Waals surface area contributed by atoms with E-state index in [1.165, 1.54) is 4.57 Å².